The van der Waals surface area contributed by atoms with Crippen LogP contribution in [0.2, 0.25) is 0 Å². The molecule has 0 heterocycles. The van der Waals surface area contributed by atoms with Crippen molar-refractivity contribution in [3.63, 3.8) is 0 Å². The van der Waals surface area contributed by atoms with Gasteiger partial charge in [-0.2, -0.15) is 0 Å². The van der Waals surface area contributed by atoms with Gasteiger partial charge >= 0.3 is 5.97 Å². The highest BCUT2D eigenvalue weighted by atomic mass is 16.5. The summed E-state index contributed by atoms with van der Waals surface area (Å²) in [4.78, 5) is 23.0. The van der Waals surface area contributed by atoms with E-state index < -0.39 is 0 Å². The number of rotatable bonds is 6. The largest absolute Gasteiger partial charge is 0.468 e. The Balaban J connectivity index is 2.64. The molecule has 20 heavy (non-hydrogen) atoms. The third-order valence-electron chi connectivity index (χ3n) is 3.09. The summed E-state index contributed by atoms with van der Waals surface area (Å²) in [6, 6.07) is 6.92. The van der Waals surface area contributed by atoms with E-state index in [0.717, 1.165) is 5.56 Å². The molecule has 1 aromatic carbocycles. The smallest absolute Gasteiger partial charge is 0.323 e. The number of hydrogen-bond acceptors (Lipinski definition) is 4. The molecule has 1 unspecified atom stereocenters. The van der Waals surface area contributed by atoms with Crippen LogP contribution in [0.15, 0.2) is 24.3 Å². The number of esters is 1. The van der Waals surface area contributed by atoms with E-state index in [2.05, 4.69) is 10.6 Å². The number of carbonyl (C=O) groups is 2. The first-order valence-corrected chi connectivity index (χ1v) is 6.61. The van der Waals surface area contributed by atoms with Crippen LogP contribution in [0.5, 0.6) is 0 Å². The summed E-state index contributed by atoms with van der Waals surface area (Å²) in [5, 5.41) is 5.75. The number of hydrogen-bond donors (Lipinski definition) is 2. The second kappa shape index (κ2) is 7.65. The van der Waals surface area contributed by atoms with Crippen LogP contribution >= 0.6 is 0 Å². The van der Waals surface area contributed by atoms with Crippen molar-refractivity contribution in [2.45, 2.75) is 26.4 Å². The van der Waals surface area contributed by atoms with E-state index in [9.17, 15) is 9.59 Å². The molecule has 5 nitrogen and oxygen atoms in total. The van der Waals surface area contributed by atoms with E-state index in [1.54, 1.807) is 19.2 Å². The third kappa shape index (κ3) is 4.35. The average Bonchev–Trinajstić information content (AvgIpc) is 2.46. The van der Waals surface area contributed by atoms with Crippen LogP contribution in [0.4, 0.5) is 0 Å². The standard InChI is InChI=1S/C15H22N2O3/c1-10(2)13(15(19)20-4)17-9-11-5-7-12(8-6-11)14(18)16-3/h5-8,10,13,17H,9H2,1-4H3,(H,16,18). The van der Waals surface area contributed by atoms with Crippen LogP contribution in [-0.2, 0) is 16.1 Å². The Morgan fingerprint density at radius 2 is 1.80 bits per heavy atom. The molecule has 0 saturated heterocycles. The molecule has 1 amide bonds. The zero-order valence-corrected chi connectivity index (χ0v) is 12.4. The number of methoxy groups -OCH3 is 1. The van der Waals surface area contributed by atoms with Gasteiger partial charge in [-0.15, -0.1) is 0 Å². The van der Waals surface area contributed by atoms with Crippen LogP contribution in [0.3, 0.4) is 0 Å². The lowest BCUT2D eigenvalue weighted by Gasteiger charge is -2.19. The van der Waals surface area contributed by atoms with Crippen LogP contribution in [0, 0.1) is 5.92 Å². The molecule has 0 spiro atoms. The summed E-state index contributed by atoms with van der Waals surface area (Å²) in [5.41, 5.74) is 1.62. The summed E-state index contributed by atoms with van der Waals surface area (Å²) in [5.74, 6) is -0.228. The molecule has 0 fully saturated rings. The Morgan fingerprint density at radius 1 is 1.20 bits per heavy atom. The van der Waals surface area contributed by atoms with E-state index in [0.29, 0.717) is 12.1 Å². The molecular formula is C15H22N2O3. The first-order valence-electron chi connectivity index (χ1n) is 6.61. The van der Waals surface area contributed by atoms with Gasteiger partial charge in [0.15, 0.2) is 0 Å². The number of carbonyl (C=O) groups excluding carboxylic acids is 2. The summed E-state index contributed by atoms with van der Waals surface area (Å²) >= 11 is 0. The minimum atomic E-state index is -0.335. The van der Waals surface area contributed by atoms with Gasteiger partial charge in [-0.25, -0.2) is 0 Å². The van der Waals surface area contributed by atoms with E-state index >= 15 is 0 Å². The van der Waals surface area contributed by atoms with Gasteiger partial charge < -0.3 is 15.4 Å². The highest BCUT2D eigenvalue weighted by molar-refractivity contribution is 5.93. The van der Waals surface area contributed by atoms with Crippen molar-refractivity contribution < 1.29 is 14.3 Å². The van der Waals surface area contributed by atoms with E-state index in [-0.39, 0.29) is 23.8 Å². The fourth-order valence-electron chi connectivity index (χ4n) is 1.86. The monoisotopic (exact) mass is 278 g/mol. The van der Waals surface area contributed by atoms with Gasteiger partial charge in [0, 0.05) is 19.2 Å². The molecule has 0 bridgehead atoms. The highest BCUT2D eigenvalue weighted by Gasteiger charge is 2.21. The number of benzene rings is 1. The Kier molecular flexibility index (Phi) is 6.18. The zero-order valence-electron chi connectivity index (χ0n) is 12.4. The van der Waals surface area contributed by atoms with Gasteiger partial charge in [-0.3, -0.25) is 9.59 Å². The highest BCUT2D eigenvalue weighted by Crippen LogP contribution is 2.08. The first-order chi connectivity index (χ1) is 9.49. The van der Waals surface area contributed by atoms with Crippen molar-refractivity contribution in [1.82, 2.24) is 10.6 Å². The predicted octanol–water partition coefficient (Wildman–Crippen LogP) is 1.33. The Hall–Kier alpha value is -1.88. The fraction of sp³-hybridized carbons (Fsp3) is 0.467. The van der Waals surface area contributed by atoms with Gasteiger partial charge in [-0.05, 0) is 23.6 Å². The maximum absolute atomic E-state index is 11.6. The van der Waals surface area contributed by atoms with Gasteiger partial charge in [0.1, 0.15) is 6.04 Å². The SMILES string of the molecule is CNC(=O)c1ccc(CNC(C(=O)OC)C(C)C)cc1. The fourth-order valence-corrected chi connectivity index (χ4v) is 1.86. The lowest BCUT2D eigenvalue weighted by molar-refractivity contribution is -0.144. The Labute approximate surface area is 119 Å². The van der Waals surface area contributed by atoms with Crippen molar-refractivity contribution in [2.75, 3.05) is 14.2 Å². The lowest BCUT2D eigenvalue weighted by atomic mass is 10.0. The molecule has 1 atom stereocenters. The summed E-state index contributed by atoms with van der Waals surface area (Å²) < 4.78 is 4.77. The molecule has 0 aliphatic rings. The quantitative estimate of drug-likeness (QED) is 0.770. The maximum atomic E-state index is 11.6. The Bertz CT molecular complexity index is 455. The van der Waals surface area contributed by atoms with Gasteiger partial charge in [0.05, 0.1) is 7.11 Å². The molecule has 1 rings (SSSR count). The molecular weight excluding hydrogens is 256 g/mol. The topological polar surface area (TPSA) is 67.4 Å². The van der Waals surface area contributed by atoms with Crippen molar-refractivity contribution in [3.8, 4) is 0 Å². The number of amides is 1. The summed E-state index contributed by atoms with van der Waals surface area (Å²) in [6.45, 7) is 4.47. The van der Waals surface area contributed by atoms with E-state index in [4.69, 9.17) is 4.74 Å². The first kappa shape index (κ1) is 16.2. The van der Waals surface area contributed by atoms with E-state index in [1.165, 1.54) is 7.11 Å². The van der Waals surface area contributed by atoms with Gasteiger partial charge in [0.2, 0.25) is 0 Å². The van der Waals surface area contributed by atoms with Gasteiger partial charge in [-0.1, -0.05) is 26.0 Å². The lowest BCUT2D eigenvalue weighted by Crippen LogP contribution is -2.41. The number of ether oxygens (including phenoxy) is 1. The van der Waals surface area contributed by atoms with Crippen LogP contribution in [-0.4, -0.2) is 32.1 Å². The molecule has 110 valence electrons. The molecule has 0 saturated carbocycles. The normalized spacial score (nSPS) is 12.1. The average molecular weight is 278 g/mol. The second-order valence-electron chi connectivity index (χ2n) is 4.90. The maximum Gasteiger partial charge on any atom is 0.323 e. The molecule has 0 aromatic heterocycles. The molecule has 2 N–H and O–H groups in total. The summed E-state index contributed by atoms with van der Waals surface area (Å²) in [6.07, 6.45) is 0. The van der Waals surface area contributed by atoms with Crippen LogP contribution in [0.1, 0.15) is 29.8 Å². The predicted molar refractivity (Wildman–Crippen MR) is 77.3 cm³/mol. The summed E-state index contributed by atoms with van der Waals surface area (Å²) in [7, 11) is 2.99. The van der Waals surface area contributed by atoms with Crippen molar-refractivity contribution in [3.05, 3.63) is 35.4 Å². The van der Waals surface area contributed by atoms with Crippen LogP contribution < -0.4 is 10.6 Å². The zero-order chi connectivity index (χ0) is 15.1. The molecule has 0 aliphatic heterocycles. The Morgan fingerprint density at radius 3 is 2.25 bits per heavy atom. The van der Waals surface area contributed by atoms with Crippen molar-refractivity contribution in [1.29, 1.82) is 0 Å². The molecule has 0 radical (unpaired) electrons. The van der Waals surface area contributed by atoms with Gasteiger partial charge in [0.25, 0.3) is 5.91 Å². The van der Waals surface area contributed by atoms with Crippen molar-refractivity contribution in [2.24, 2.45) is 5.92 Å². The molecule has 1 aromatic rings. The molecule has 0 aliphatic carbocycles. The van der Waals surface area contributed by atoms with E-state index in [1.807, 2.05) is 26.0 Å². The third-order valence-corrected chi connectivity index (χ3v) is 3.09. The minimum Gasteiger partial charge on any atom is -0.468 e. The van der Waals surface area contributed by atoms with Crippen molar-refractivity contribution >= 4 is 11.9 Å². The number of nitrogens with one attached hydrogen (secondary N) is 2. The second-order valence-corrected chi connectivity index (χ2v) is 4.90. The molecule has 5 heteroatoms. The minimum absolute atomic E-state index is 0.112. The van der Waals surface area contributed by atoms with Crippen LogP contribution in [0.25, 0.3) is 0 Å².